The fraction of sp³-hybridized carbons (Fsp3) is 0.625. The first kappa shape index (κ1) is 8.78. The van der Waals surface area contributed by atoms with Gasteiger partial charge in [0.05, 0.1) is 12.5 Å². The number of halogens is 1. The lowest BCUT2D eigenvalue weighted by atomic mass is 10.3. The molecule has 0 radical (unpaired) electrons. The summed E-state index contributed by atoms with van der Waals surface area (Å²) in [5.41, 5.74) is 2.35. The van der Waals surface area contributed by atoms with Crippen molar-refractivity contribution in [3.63, 3.8) is 0 Å². The van der Waals surface area contributed by atoms with Crippen LogP contribution in [0.3, 0.4) is 0 Å². The summed E-state index contributed by atoms with van der Waals surface area (Å²) < 4.78 is 4.87. The summed E-state index contributed by atoms with van der Waals surface area (Å²) in [6.45, 7) is 4.26. The molecule has 0 heterocycles. The Bertz CT molecular complexity index is 208. The second-order valence-electron chi connectivity index (χ2n) is 2.53. The van der Waals surface area contributed by atoms with Crippen LogP contribution in [0.5, 0.6) is 0 Å². The monoisotopic (exact) mass is 218 g/mol. The van der Waals surface area contributed by atoms with Crippen LogP contribution in [-0.2, 0) is 9.53 Å². The van der Waals surface area contributed by atoms with E-state index in [9.17, 15) is 4.79 Å². The molecule has 11 heavy (non-hydrogen) atoms. The largest absolute Gasteiger partial charge is 0.465 e. The third kappa shape index (κ3) is 1.64. The summed E-state index contributed by atoms with van der Waals surface area (Å²) >= 11 is 3.31. The summed E-state index contributed by atoms with van der Waals surface area (Å²) in [6.07, 6.45) is 0. The van der Waals surface area contributed by atoms with E-state index in [1.807, 2.05) is 13.8 Å². The normalized spacial score (nSPS) is 21.9. The van der Waals surface area contributed by atoms with Crippen LogP contribution in [0.1, 0.15) is 13.8 Å². The van der Waals surface area contributed by atoms with E-state index in [4.69, 9.17) is 4.74 Å². The van der Waals surface area contributed by atoms with Crippen LogP contribution < -0.4 is 0 Å². The van der Waals surface area contributed by atoms with Crippen LogP contribution in [0, 0.1) is 5.92 Å². The lowest BCUT2D eigenvalue weighted by Crippen LogP contribution is -2.09. The lowest BCUT2D eigenvalue weighted by Gasteiger charge is -1.99. The Labute approximate surface area is 74.7 Å². The molecule has 0 aromatic heterocycles. The van der Waals surface area contributed by atoms with Gasteiger partial charge < -0.3 is 4.74 Å². The van der Waals surface area contributed by atoms with Gasteiger partial charge in [0.2, 0.25) is 0 Å². The predicted molar refractivity (Wildman–Crippen MR) is 46.6 cm³/mol. The average Bonchev–Trinajstić information content (AvgIpc) is 2.61. The molecule has 3 heteroatoms. The predicted octanol–water partition coefficient (Wildman–Crippen LogP) is 1.89. The molecule has 0 saturated heterocycles. The highest BCUT2D eigenvalue weighted by Crippen LogP contribution is 2.40. The highest BCUT2D eigenvalue weighted by atomic mass is 79.9. The zero-order valence-corrected chi connectivity index (χ0v) is 8.27. The van der Waals surface area contributed by atoms with Gasteiger partial charge in [-0.1, -0.05) is 21.5 Å². The van der Waals surface area contributed by atoms with Crippen molar-refractivity contribution in [2.45, 2.75) is 13.8 Å². The molecule has 1 aliphatic rings. The van der Waals surface area contributed by atoms with E-state index >= 15 is 0 Å². The minimum Gasteiger partial charge on any atom is -0.465 e. The van der Waals surface area contributed by atoms with E-state index in [0.717, 1.165) is 5.33 Å². The van der Waals surface area contributed by atoms with Gasteiger partial charge in [-0.2, -0.15) is 0 Å². The van der Waals surface area contributed by atoms with Crippen LogP contribution in [0.25, 0.3) is 0 Å². The van der Waals surface area contributed by atoms with Crippen molar-refractivity contribution >= 4 is 21.9 Å². The van der Waals surface area contributed by atoms with Crippen molar-refractivity contribution in [2.75, 3.05) is 11.9 Å². The van der Waals surface area contributed by atoms with E-state index < -0.39 is 0 Å². The van der Waals surface area contributed by atoms with Gasteiger partial charge in [0.15, 0.2) is 0 Å². The van der Waals surface area contributed by atoms with Crippen molar-refractivity contribution in [1.29, 1.82) is 0 Å². The second kappa shape index (κ2) is 3.39. The SMILES string of the molecule is CCOC(=O)C1C(C)=C1CBr. The van der Waals surface area contributed by atoms with Gasteiger partial charge in [-0.05, 0) is 19.4 Å². The minimum absolute atomic E-state index is 0.00525. The molecule has 2 nitrogen and oxygen atoms in total. The van der Waals surface area contributed by atoms with E-state index in [1.54, 1.807) is 0 Å². The maximum absolute atomic E-state index is 11.1. The molecule has 1 rings (SSSR count). The van der Waals surface area contributed by atoms with E-state index in [2.05, 4.69) is 15.9 Å². The van der Waals surface area contributed by atoms with Gasteiger partial charge >= 0.3 is 5.97 Å². The highest BCUT2D eigenvalue weighted by Gasteiger charge is 2.39. The molecule has 62 valence electrons. The van der Waals surface area contributed by atoms with Gasteiger partial charge in [-0.3, -0.25) is 4.79 Å². The number of esters is 1. The maximum atomic E-state index is 11.1. The zero-order chi connectivity index (χ0) is 8.43. The molecule has 1 atom stereocenters. The molecule has 0 fully saturated rings. The Morgan fingerprint density at radius 2 is 2.36 bits per heavy atom. The van der Waals surface area contributed by atoms with E-state index in [0.29, 0.717) is 6.61 Å². The average molecular weight is 219 g/mol. The van der Waals surface area contributed by atoms with Gasteiger partial charge in [-0.25, -0.2) is 0 Å². The third-order valence-electron chi connectivity index (χ3n) is 1.87. The first-order chi connectivity index (χ1) is 5.22. The standard InChI is InChI=1S/C8H11BrO2/c1-3-11-8(10)7-5(2)6(7)4-9/h7H,3-4H2,1-2H3. The summed E-state index contributed by atoms with van der Waals surface area (Å²) in [5.74, 6) is -0.103. The number of carbonyl (C=O) groups is 1. The van der Waals surface area contributed by atoms with Gasteiger partial charge in [0.25, 0.3) is 0 Å². The Kier molecular flexibility index (Phi) is 2.71. The molecule has 0 N–H and O–H groups in total. The molecule has 0 saturated carbocycles. The first-order valence-electron chi connectivity index (χ1n) is 3.64. The molecule has 0 spiro atoms. The Hall–Kier alpha value is -0.310. The second-order valence-corrected chi connectivity index (χ2v) is 3.09. The van der Waals surface area contributed by atoms with Crippen molar-refractivity contribution in [3.8, 4) is 0 Å². The Morgan fingerprint density at radius 3 is 2.73 bits per heavy atom. The van der Waals surface area contributed by atoms with Crippen LogP contribution in [0.2, 0.25) is 0 Å². The molecule has 0 amide bonds. The summed E-state index contributed by atoms with van der Waals surface area (Å²) in [4.78, 5) is 11.1. The number of alkyl halides is 1. The zero-order valence-electron chi connectivity index (χ0n) is 6.69. The molecule has 0 bridgehead atoms. The van der Waals surface area contributed by atoms with Crippen molar-refractivity contribution < 1.29 is 9.53 Å². The van der Waals surface area contributed by atoms with E-state index in [1.165, 1.54) is 11.1 Å². The Morgan fingerprint density at radius 1 is 1.73 bits per heavy atom. The molecule has 1 unspecified atom stereocenters. The fourth-order valence-corrected chi connectivity index (χ4v) is 1.88. The summed E-state index contributed by atoms with van der Waals surface area (Å²) in [6, 6.07) is 0. The maximum Gasteiger partial charge on any atom is 0.317 e. The number of ether oxygens (including phenoxy) is 1. The van der Waals surface area contributed by atoms with Crippen LogP contribution in [0.15, 0.2) is 11.1 Å². The molecule has 1 aliphatic carbocycles. The minimum atomic E-state index is -0.0977. The highest BCUT2D eigenvalue weighted by molar-refractivity contribution is 9.09. The molecule has 0 aromatic rings. The Balaban J connectivity index is 2.39. The van der Waals surface area contributed by atoms with Gasteiger partial charge in [0, 0.05) is 5.33 Å². The summed E-state index contributed by atoms with van der Waals surface area (Å²) in [5, 5.41) is 0.794. The first-order valence-corrected chi connectivity index (χ1v) is 4.76. The van der Waals surface area contributed by atoms with Crippen LogP contribution >= 0.6 is 15.9 Å². The molecule has 0 aliphatic heterocycles. The van der Waals surface area contributed by atoms with Crippen molar-refractivity contribution in [2.24, 2.45) is 5.92 Å². The summed E-state index contributed by atoms with van der Waals surface area (Å²) in [7, 11) is 0. The number of carbonyl (C=O) groups excluding carboxylic acids is 1. The fourth-order valence-electron chi connectivity index (χ4n) is 1.12. The number of rotatable bonds is 3. The third-order valence-corrected chi connectivity index (χ3v) is 2.48. The van der Waals surface area contributed by atoms with Gasteiger partial charge in [-0.15, -0.1) is 0 Å². The van der Waals surface area contributed by atoms with Gasteiger partial charge in [0.1, 0.15) is 0 Å². The number of hydrogen-bond donors (Lipinski definition) is 0. The topological polar surface area (TPSA) is 26.3 Å². The van der Waals surface area contributed by atoms with E-state index in [-0.39, 0.29) is 11.9 Å². The lowest BCUT2D eigenvalue weighted by molar-refractivity contribution is -0.144. The van der Waals surface area contributed by atoms with Crippen molar-refractivity contribution in [3.05, 3.63) is 11.1 Å². The number of hydrogen-bond acceptors (Lipinski definition) is 2. The molecular weight excluding hydrogens is 208 g/mol. The molecular formula is C8H11BrO2. The quantitative estimate of drug-likeness (QED) is 0.411. The van der Waals surface area contributed by atoms with Crippen molar-refractivity contribution in [1.82, 2.24) is 0 Å². The van der Waals surface area contributed by atoms with Crippen LogP contribution in [0.4, 0.5) is 0 Å². The van der Waals surface area contributed by atoms with Crippen LogP contribution in [-0.4, -0.2) is 17.9 Å². The smallest absolute Gasteiger partial charge is 0.317 e. The molecule has 0 aromatic carbocycles.